The van der Waals surface area contributed by atoms with Gasteiger partial charge in [0.15, 0.2) is 0 Å². The highest BCUT2D eigenvalue weighted by atomic mass is 28.3. The first kappa shape index (κ1) is 22.4. The third-order valence-corrected chi connectivity index (χ3v) is 21.3. The zero-order valence-electron chi connectivity index (χ0n) is 20.3. The average Bonchev–Trinajstić information content (AvgIpc) is 3.02. The number of aromatic nitrogens is 1. The third-order valence-electron chi connectivity index (χ3n) is 8.64. The molecule has 0 amide bonds. The van der Waals surface area contributed by atoms with E-state index in [2.05, 4.69) is 110 Å². The normalized spacial score (nSPS) is 13.7. The van der Waals surface area contributed by atoms with E-state index in [0.717, 1.165) is 22.2 Å². The fraction of sp³-hybridized carbons (Fsp3) is 0.538. The lowest BCUT2D eigenvalue weighted by Gasteiger charge is -2.36. The van der Waals surface area contributed by atoms with Gasteiger partial charge in [0.2, 0.25) is 0 Å². The van der Waals surface area contributed by atoms with E-state index >= 15 is 0 Å². The summed E-state index contributed by atoms with van der Waals surface area (Å²) in [6, 6.07) is 14.6. The van der Waals surface area contributed by atoms with Gasteiger partial charge in [0, 0.05) is 21.8 Å². The number of rotatable bonds is 6. The van der Waals surface area contributed by atoms with Crippen LogP contribution in [0.1, 0.15) is 55.4 Å². The monoisotopic (exact) mass is 423 g/mol. The minimum Gasteiger partial charge on any atom is -0.355 e. The summed E-state index contributed by atoms with van der Waals surface area (Å²) < 4.78 is 0. The van der Waals surface area contributed by atoms with Gasteiger partial charge in [0.25, 0.3) is 0 Å². The highest BCUT2D eigenvalue weighted by Crippen LogP contribution is 2.35. The number of hydrogen-bond donors (Lipinski definition) is 1. The fourth-order valence-electron chi connectivity index (χ4n) is 5.25. The van der Waals surface area contributed by atoms with Crippen LogP contribution in [0.3, 0.4) is 0 Å². The quantitative estimate of drug-likeness (QED) is 0.394. The van der Waals surface area contributed by atoms with Crippen LogP contribution in [0.4, 0.5) is 0 Å². The van der Waals surface area contributed by atoms with E-state index in [1.807, 2.05) is 0 Å². The first-order valence-electron chi connectivity index (χ1n) is 11.5. The van der Waals surface area contributed by atoms with Crippen LogP contribution in [0, 0.1) is 0 Å². The molecule has 0 aliphatic heterocycles. The SMILES string of the molecule is CC(C)[Si](C)(c1ccc2c(c1)[nH]c1cc([Si](C)(C(C)C)C(C)C)ccc12)C(C)C. The van der Waals surface area contributed by atoms with Crippen molar-refractivity contribution in [1.82, 2.24) is 4.98 Å². The van der Waals surface area contributed by atoms with Gasteiger partial charge in [-0.05, 0) is 34.3 Å². The fourth-order valence-corrected chi connectivity index (χ4v) is 12.4. The molecule has 3 aromatic rings. The van der Waals surface area contributed by atoms with Crippen molar-refractivity contribution in [2.24, 2.45) is 0 Å². The summed E-state index contributed by atoms with van der Waals surface area (Å²) in [6.45, 7) is 24.4. The third kappa shape index (κ3) is 3.44. The molecule has 0 saturated carbocycles. The van der Waals surface area contributed by atoms with Crippen LogP contribution < -0.4 is 10.4 Å². The number of fused-ring (bicyclic) bond motifs is 3. The molecule has 0 aliphatic carbocycles. The summed E-state index contributed by atoms with van der Waals surface area (Å²) in [6.07, 6.45) is 0. The predicted molar refractivity (Wildman–Crippen MR) is 139 cm³/mol. The Kier molecular flexibility index (Phi) is 5.96. The molecule has 0 bridgehead atoms. The summed E-state index contributed by atoms with van der Waals surface area (Å²) in [7, 11) is -3.06. The number of H-pyrrole nitrogens is 1. The lowest BCUT2D eigenvalue weighted by Crippen LogP contribution is -2.50. The summed E-state index contributed by atoms with van der Waals surface area (Å²) >= 11 is 0. The van der Waals surface area contributed by atoms with E-state index in [9.17, 15) is 0 Å². The van der Waals surface area contributed by atoms with Gasteiger partial charge in [-0.1, -0.05) is 103 Å². The molecule has 1 aromatic heterocycles. The second-order valence-corrected chi connectivity index (χ2v) is 21.7. The van der Waals surface area contributed by atoms with Gasteiger partial charge in [-0.25, -0.2) is 0 Å². The standard InChI is InChI=1S/C26H41NSi2/c1-17(2)28(9,18(3)4)21-11-13-23-24-14-12-22(16-26(24)27-25(23)15-21)29(10,19(5)6)20(7)8/h11-20,27H,1-10H3. The molecule has 0 spiro atoms. The Morgan fingerprint density at radius 2 is 0.862 bits per heavy atom. The van der Waals surface area contributed by atoms with Crippen molar-refractivity contribution < 1.29 is 0 Å². The molecule has 3 heteroatoms. The summed E-state index contributed by atoms with van der Waals surface area (Å²) in [5, 5.41) is 5.92. The summed E-state index contributed by atoms with van der Waals surface area (Å²) in [5.41, 5.74) is 5.57. The maximum Gasteiger partial charge on any atom is 0.0887 e. The van der Waals surface area contributed by atoms with Gasteiger partial charge < -0.3 is 4.98 Å². The van der Waals surface area contributed by atoms with E-state index in [1.165, 1.54) is 21.8 Å². The molecule has 1 nitrogen and oxygen atoms in total. The Bertz CT molecular complexity index is 914. The Morgan fingerprint density at radius 3 is 1.14 bits per heavy atom. The number of nitrogens with one attached hydrogen (secondary N) is 1. The first-order valence-corrected chi connectivity index (χ1v) is 16.8. The maximum atomic E-state index is 3.80. The molecule has 0 fully saturated rings. The van der Waals surface area contributed by atoms with Crippen molar-refractivity contribution >= 4 is 48.3 Å². The van der Waals surface area contributed by atoms with Crippen molar-refractivity contribution in [2.45, 2.75) is 90.6 Å². The van der Waals surface area contributed by atoms with Crippen LogP contribution >= 0.6 is 0 Å². The van der Waals surface area contributed by atoms with Gasteiger partial charge in [-0.2, -0.15) is 0 Å². The van der Waals surface area contributed by atoms with Crippen LogP contribution in [0.15, 0.2) is 36.4 Å². The van der Waals surface area contributed by atoms with E-state index < -0.39 is 16.1 Å². The Labute approximate surface area is 180 Å². The van der Waals surface area contributed by atoms with Gasteiger partial charge in [0.1, 0.15) is 0 Å². The molecule has 0 radical (unpaired) electrons. The van der Waals surface area contributed by atoms with Crippen molar-refractivity contribution in [2.75, 3.05) is 0 Å². The van der Waals surface area contributed by atoms with E-state index in [4.69, 9.17) is 0 Å². The highest BCUT2D eigenvalue weighted by molar-refractivity contribution is 6.93. The minimum absolute atomic E-state index is 0.736. The van der Waals surface area contributed by atoms with Gasteiger partial charge in [-0.15, -0.1) is 0 Å². The molecule has 0 unspecified atom stereocenters. The Morgan fingerprint density at radius 1 is 0.552 bits per heavy atom. The molecular formula is C26H41NSi2. The maximum absolute atomic E-state index is 3.80. The lowest BCUT2D eigenvalue weighted by atomic mass is 10.1. The molecule has 3 rings (SSSR count). The molecule has 0 saturated heterocycles. The van der Waals surface area contributed by atoms with Gasteiger partial charge >= 0.3 is 0 Å². The number of hydrogen-bond acceptors (Lipinski definition) is 0. The summed E-state index contributed by atoms with van der Waals surface area (Å²) in [5.74, 6) is 0. The molecule has 158 valence electrons. The van der Waals surface area contributed by atoms with Gasteiger partial charge in [-0.3, -0.25) is 0 Å². The molecule has 0 atom stereocenters. The van der Waals surface area contributed by atoms with E-state index in [-0.39, 0.29) is 0 Å². The second-order valence-electron chi connectivity index (χ2n) is 10.8. The minimum atomic E-state index is -1.53. The van der Waals surface area contributed by atoms with Gasteiger partial charge in [0.05, 0.1) is 16.1 Å². The van der Waals surface area contributed by atoms with Crippen LogP contribution in [0.25, 0.3) is 21.8 Å². The van der Waals surface area contributed by atoms with Crippen molar-refractivity contribution in [1.29, 1.82) is 0 Å². The average molecular weight is 424 g/mol. The highest BCUT2D eigenvalue weighted by Gasteiger charge is 2.38. The second kappa shape index (κ2) is 7.74. The Hall–Kier alpha value is -1.33. The molecular weight excluding hydrogens is 382 g/mol. The van der Waals surface area contributed by atoms with Crippen molar-refractivity contribution in [3.05, 3.63) is 36.4 Å². The van der Waals surface area contributed by atoms with Crippen LogP contribution in [0.2, 0.25) is 35.3 Å². The zero-order chi connectivity index (χ0) is 21.7. The van der Waals surface area contributed by atoms with E-state index in [0.29, 0.717) is 0 Å². The first-order chi connectivity index (χ1) is 13.4. The van der Waals surface area contributed by atoms with Crippen LogP contribution in [0.5, 0.6) is 0 Å². The smallest absolute Gasteiger partial charge is 0.0887 e. The molecule has 0 aliphatic rings. The zero-order valence-corrected chi connectivity index (χ0v) is 22.3. The van der Waals surface area contributed by atoms with Crippen LogP contribution in [-0.4, -0.2) is 21.1 Å². The molecule has 1 heterocycles. The largest absolute Gasteiger partial charge is 0.355 e. The van der Waals surface area contributed by atoms with E-state index in [1.54, 1.807) is 10.4 Å². The van der Waals surface area contributed by atoms with Crippen molar-refractivity contribution in [3.63, 3.8) is 0 Å². The molecule has 2 aromatic carbocycles. The lowest BCUT2D eigenvalue weighted by molar-refractivity contribution is 0.917. The Balaban J connectivity index is 2.18. The number of aromatic amines is 1. The molecule has 29 heavy (non-hydrogen) atoms. The van der Waals surface area contributed by atoms with Crippen molar-refractivity contribution in [3.8, 4) is 0 Å². The topological polar surface area (TPSA) is 15.8 Å². The summed E-state index contributed by atoms with van der Waals surface area (Å²) in [4.78, 5) is 3.80. The van der Waals surface area contributed by atoms with Crippen LogP contribution in [-0.2, 0) is 0 Å². The number of benzene rings is 2. The molecule has 1 N–H and O–H groups in total. The predicted octanol–water partition coefficient (Wildman–Crippen LogP) is 7.53.